The van der Waals surface area contributed by atoms with Crippen LogP contribution in [-0.4, -0.2) is 11.7 Å². The molecule has 0 fully saturated rings. The van der Waals surface area contributed by atoms with Gasteiger partial charge < -0.3 is 9.30 Å². The molecule has 0 amide bonds. The molecule has 3 rings (SSSR count). The average Bonchev–Trinajstić information content (AvgIpc) is 3.15. The van der Waals surface area contributed by atoms with E-state index in [1.807, 2.05) is 83.7 Å². The van der Waals surface area contributed by atoms with Gasteiger partial charge in [-0.3, -0.25) is 0 Å². The largest absolute Gasteiger partial charge is 0.496 e. The summed E-state index contributed by atoms with van der Waals surface area (Å²) in [5, 5.41) is 9.49. The first-order valence-corrected chi connectivity index (χ1v) is 7.30. The van der Waals surface area contributed by atoms with Crippen LogP contribution in [0.15, 0.2) is 73.1 Å². The molecular formula is C20H16N2O. The van der Waals surface area contributed by atoms with Crippen LogP contribution < -0.4 is 4.74 Å². The second-order valence-corrected chi connectivity index (χ2v) is 5.05. The monoisotopic (exact) mass is 300 g/mol. The Morgan fingerprint density at radius 2 is 1.70 bits per heavy atom. The summed E-state index contributed by atoms with van der Waals surface area (Å²) >= 11 is 0. The standard InChI is InChI=1S/C20H16N2O/c1-23-20-7-3-2-6-17(20)14-18(15-21)16-8-10-19(11-9-16)22-12-4-5-13-22/h2-14H,1H3/b18-14-. The van der Waals surface area contributed by atoms with E-state index in [0.717, 1.165) is 22.6 Å². The van der Waals surface area contributed by atoms with Crippen molar-refractivity contribution in [1.82, 2.24) is 4.57 Å². The maximum Gasteiger partial charge on any atom is 0.126 e. The van der Waals surface area contributed by atoms with E-state index < -0.39 is 0 Å². The third-order valence-corrected chi connectivity index (χ3v) is 3.64. The molecule has 3 nitrogen and oxygen atoms in total. The van der Waals surface area contributed by atoms with E-state index in [2.05, 4.69) is 6.07 Å². The molecule has 0 unspecified atom stereocenters. The maximum atomic E-state index is 9.49. The van der Waals surface area contributed by atoms with Crippen molar-refractivity contribution < 1.29 is 4.74 Å². The van der Waals surface area contributed by atoms with Crippen molar-refractivity contribution in [3.63, 3.8) is 0 Å². The van der Waals surface area contributed by atoms with Crippen molar-refractivity contribution in [3.8, 4) is 17.5 Å². The van der Waals surface area contributed by atoms with Crippen LogP contribution in [0.1, 0.15) is 11.1 Å². The number of nitriles is 1. The summed E-state index contributed by atoms with van der Waals surface area (Å²) in [6.45, 7) is 0. The molecule has 0 aliphatic heterocycles. The predicted octanol–water partition coefficient (Wildman–Crippen LogP) is 4.55. The lowest BCUT2D eigenvalue weighted by atomic mass is 10.0. The number of nitrogens with zero attached hydrogens (tertiary/aromatic N) is 2. The Morgan fingerprint density at radius 3 is 2.35 bits per heavy atom. The molecule has 0 saturated heterocycles. The van der Waals surface area contributed by atoms with Gasteiger partial charge in [0.1, 0.15) is 5.75 Å². The Kier molecular flexibility index (Phi) is 4.26. The minimum absolute atomic E-state index is 0.605. The molecule has 0 radical (unpaired) electrons. The molecule has 0 saturated carbocycles. The van der Waals surface area contributed by atoms with Crippen LogP contribution in [0.25, 0.3) is 17.3 Å². The van der Waals surface area contributed by atoms with Crippen molar-refractivity contribution in [2.45, 2.75) is 0 Å². The van der Waals surface area contributed by atoms with Gasteiger partial charge in [-0.25, -0.2) is 0 Å². The van der Waals surface area contributed by atoms with Crippen LogP contribution in [0, 0.1) is 11.3 Å². The van der Waals surface area contributed by atoms with E-state index in [0.29, 0.717) is 5.57 Å². The highest BCUT2D eigenvalue weighted by atomic mass is 16.5. The molecule has 3 heteroatoms. The molecule has 0 atom stereocenters. The Balaban J connectivity index is 1.95. The van der Waals surface area contributed by atoms with Gasteiger partial charge in [-0.2, -0.15) is 5.26 Å². The number of rotatable bonds is 4. The molecule has 0 bridgehead atoms. The summed E-state index contributed by atoms with van der Waals surface area (Å²) in [4.78, 5) is 0. The summed E-state index contributed by atoms with van der Waals surface area (Å²) in [5.74, 6) is 0.754. The number of allylic oxidation sites excluding steroid dienone is 1. The number of ether oxygens (including phenoxy) is 1. The van der Waals surface area contributed by atoms with Crippen molar-refractivity contribution in [1.29, 1.82) is 5.26 Å². The van der Waals surface area contributed by atoms with Gasteiger partial charge >= 0.3 is 0 Å². The molecule has 23 heavy (non-hydrogen) atoms. The van der Waals surface area contributed by atoms with Gasteiger partial charge in [0.15, 0.2) is 0 Å². The summed E-state index contributed by atoms with van der Waals surface area (Å²) in [5.41, 5.74) is 3.44. The highest BCUT2D eigenvalue weighted by molar-refractivity contribution is 5.90. The number of benzene rings is 2. The average molecular weight is 300 g/mol. The van der Waals surface area contributed by atoms with Gasteiger partial charge in [0.05, 0.1) is 18.8 Å². The van der Waals surface area contributed by atoms with Crippen molar-refractivity contribution in [2.75, 3.05) is 7.11 Å². The number of hydrogen-bond acceptors (Lipinski definition) is 2. The van der Waals surface area contributed by atoms with E-state index in [9.17, 15) is 5.26 Å². The van der Waals surface area contributed by atoms with Crippen LogP contribution in [0.5, 0.6) is 5.75 Å². The SMILES string of the molecule is COc1ccccc1/C=C(/C#N)c1ccc(-n2cccc2)cc1. The first kappa shape index (κ1) is 14.7. The molecule has 3 aromatic rings. The van der Waals surface area contributed by atoms with Crippen LogP contribution in [0.4, 0.5) is 0 Å². The molecule has 0 aliphatic rings. The molecule has 112 valence electrons. The lowest BCUT2D eigenvalue weighted by Gasteiger charge is -2.07. The van der Waals surface area contributed by atoms with Crippen LogP contribution in [0.2, 0.25) is 0 Å². The molecule has 0 N–H and O–H groups in total. The third kappa shape index (κ3) is 3.17. The fourth-order valence-electron chi connectivity index (χ4n) is 2.44. The summed E-state index contributed by atoms with van der Waals surface area (Å²) in [6.07, 6.45) is 5.83. The summed E-state index contributed by atoms with van der Waals surface area (Å²) in [7, 11) is 1.63. The van der Waals surface area contributed by atoms with Gasteiger partial charge in [0.2, 0.25) is 0 Å². The number of aromatic nitrogens is 1. The highest BCUT2D eigenvalue weighted by Crippen LogP contribution is 2.24. The molecule has 1 heterocycles. The van der Waals surface area contributed by atoms with E-state index >= 15 is 0 Å². The summed E-state index contributed by atoms with van der Waals surface area (Å²) < 4.78 is 7.36. The van der Waals surface area contributed by atoms with Crippen molar-refractivity contribution >= 4 is 11.6 Å². The van der Waals surface area contributed by atoms with Crippen LogP contribution >= 0.6 is 0 Å². The zero-order chi connectivity index (χ0) is 16.1. The Hall–Kier alpha value is -3.25. The molecule has 0 spiro atoms. The topological polar surface area (TPSA) is 37.9 Å². The fraction of sp³-hybridized carbons (Fsp3) is 0.0500. The second kappa shape index (κ2) is 6.67. The van der Waals surface area contributed by atoms with Gasteiger partial charge in [-0.15, -0.1) is 0 Å². The number of methoxy groups -OCH3 is 1. The Labute approximate surface area is 135 Å². The maximum absolute atomic E-state index is 9.49. The Bertz CT molecular complexity index is 853. The fourth-order valence-corrected chi connectivity index (χ4v) is 2.44. The lowest BCUT2D eigenvalue weighted by Crippen LogP contribution is -1.91. The van der Waals surface area contributed by atoms with Gasteiger partial charge in [-0.05, 0) is 42.0 Å². The van der Waals surface area contributed by atoms with Gasteiger partial charge in [-0.1, -0.05) is 30.3 Å². The van der Waals surface area contributed by atoms with E-state index in [-0.39, 0.29) is 0 Å². The smallest absolute Gasteiger partial charge is 0.126 e. The van der Waals surface area contributed by atoms with Crippen LogP contribution in [0.3, 0.4) is 0 Å². The molecular weight excluding hydrogens is 284 g/mol. The molecule has 1 aromatic heterocycles. The predicted molar refractivity (Wildman–Crippen MR) is 92.2 cm³/mol. The van der Waals surface area contributed by atoms with E-state index in [4.69, 9.17) is 4.74 Å². The summed E-state index contributed by atoms with van der Waals surface area (Å²) in [6, 6.07) is 21.8. The van der Waals surface area contributed by atoms with Gasteiger partial charge in [0.25, 0.3) is 0 Å². The molecule has 0 aliphatic carbocycles. The minimum atomic E-state index is 0.605. The quantitative estimate of drug-likeness (QED) is 0.523. The minimum Gasteiger partial charge on any atom is -0.496 e. The second-order valence-electron chi connectivity index (χ2n) is 5.05. The Morgan fingerprint density at radius 1 is 1.00 bits per heavy atom. The third-order valence-electron chi connectivity index (χ3n) is 3.64. The number of hydrogen-bond donors (Lipinski definition) is 0. The van der Waals surface area contributed by atoms with E-state index in [1.54, 1.807) is 7.11 Å². The first-order valence-electron chi connectivity index (χ1n) is 7.30. The van der Waals surface area contributed by atoms with Crippen molar-refractivity contribution in [2.24, 2.45) is 0 Å². The first-order chi connectivity index (χ1) is 11.3. The highest BCUT2D eigenvalue weighted by Gasteiger charge is 2.05. The number of para-hydroxylation sites is 1. The zero-order valence-corrected chi connectivity index (χ0v) is 12.8. The van der Waals surface area contributed by atoms with E-state index in [1.165, 1.54) is 0 Å². The van der Waals surface area contributed by atoms with Crippen LogP contribution in [-0.2, 0) is 0 Å². The molecule has 2 aromatic carbocycles. The normalized spacial score (nSPS) is 11.0. The van der Waals surface area contributed by atoms with Crippen molar-refractivity contribution in [3.05, 3.63) is 84.2 Å². The lowest BCUT2D eigenvalue weighted by molar-refractivity contribution is 0.414. The van der Waals surface area contributed by atoms with Gasteiger partial charge in [0, 0.05) is 23.6 Å². The zero-order valence-electron chi connectivity index (χ0n) is 12.8.